The van der Waals surface area contributed by atoms with Crippen LogP contribution in [0.5, 0.6) is 0 Å². The Morgan fingerprint density at radius 1 is 1.48 bits per heavy atom. The lowest BCUT2D eigenvalue weighted by Crippen LogP contribution is -2.45. The first-order chi connectivity index (χ1) is 10.0. The highest BCUT2D eigenvalue weighted by molar-refractivity contribution is 5.75. The van der Waals surface area contributed by atoms with Gasteiger partial charge in [0.1, 0.15) is 13.2 Å². The van der Waals surface area contributed by atoms with Gasteiger partial charge in [0.2, 0.25) is 11.8 Å². The lowest BCUT2D eigenvalue weighted by molar-refractivity contribution is -0.123. The summed E-state index contributed by atoms with van der Waals surface area (Å²) in [5.74, 6) is 0.380. The molecule has 0 saturated heterocycles. The molecule has 1 aromatic rings. The molecule has 0 radical (unpaired) electrons. The number of rotatable bonds is 5. The Hall–Kier alpha value is -1.63. The Morgan fingerprint density at radius 2 is 2.24 bits per heavy atom. The van der Waals surface area contributed by atoms with E-state index < -0.39 is 5.76 Å². The Morgan fingerprint density at radius 3 is 2.95 bits per heavy atom. The van der Waals surface area contributed by atoms with Crippen LogP contribution in [0.15, 0.2) is 9.21 Å². The van der Waals surface area contributed by atoms with Crippen LogP contribution in [0.4, 0.5) is 0 Å². The fraction of sp³-hybridized carbons (Fsp3) is 0.786. The van der Waals surface area contributed by atoms with E-state index in [1.807, 2.05) is 0 Å². The number of nitrogens with zero attached hydrogens (tertiary/aromatic N) is 2. The van der Waals surface area contributed by atoms with Gasteiger partial charge >= 0.3 is 5.76 Å². The quantitative estimate of drug-likeness (QED) is 0.873. The molecule has 2 rings (SSSR count). The minimum absolute atomic E-state index is 0.112. The molecule has 21 heavy (non-hydrogen) atoms. The molecule has 7 nitrogen and oxygen atoms in total. The number of aromatic nitrogens is 2. The van der Waals surface area contributed by atoms with Gasteiger partial charge in [-0.3, -0.25) is 4.79 Å². The van der Waals surface area contributed by atoms with Gasteiger partial charge in [0.15, 0.2) is 0 Å². The summed E-state index contributed by atoms with van der Waals surface area (Å²) in [6.07, 6.45) is 3.31. The van der Waals surface area contributed by atoms with E-state index in [-0.39, 0.29) is 31.0 Å². The zero-order valence-corrected chi connectivity index (χ0v) is 12.8. The van der Waals surface area contributed by atoms with Gasteiger partial charge in [-0.2, -0.15) is 4.68 Å². The highest BCUT2D eigenvalue weighted by Gasteiger charge is 2.28. The molecule has 0 aromatic carbocycles. The van der Waals surface area contributed by atoms with Gasteiger partial charge in [-0.25, -0.2) is 4.79 Å². The molecule has 7 heteroatoms. The second kappa shape index (κ2) is 6.89. The number of hydrogen-bond acceptors (Lipinski definition) is 5. The zero-order valence-electron chi connectivity index (χ0n) is 12.8. The van der Waals surface area contributed by atoms with E-state index in [0.717, 1.165) is 17.5 Å². The van der Waals surface area contributed by atoms with Crippen molar-refractivity contribution in [2.24, 2.45) is 11.8 Å². The first-order valence-electron chi connectivity index (χ1n) is 7.36. The molecule has 1 aliphatic carbocycles. The average molecular weight is 297 g/mol. The van der Waals surface area contributed by atoms with Gasteiger partial charge in [-0.1, -0.05) is 26.7 Å². The fourth-order valence-electron chi connectivity index (χ4n) is 2.81. The van der Waals surface area contributed by atoms with Gasteiger partial charge in [-0.05, 0) is 18.3 Å². The van der Waals surface area contributed by atoms with Crippen molar-refractivity contribution in [1.29, 1.82) is 0 Å². The van der Waals surface area contributed by atoms with Crippen LogP contribution in [-0.2, 0) is 22.7 Å². The highest BCUT2D eigenvalue weighted by Crippen LogP contribution is 2.29. The van der Waals surface area contributed by atoms with Crippen LogP contribution in [0.1, 0.15) is 39.0 Å². The van der Waals surface area contributed by atoms with E-state index >= 15 is 0 Å². The third-order valence-electron chi connectivity index (χ3n) is 4.26. The molecule has 0 spiro atoms. The number of nitrogens with one attached hydrogen (secondary N) is 1. The smallest absolute Gasteiger partial charge is 0.390 e. The molecular formula is C14H23N3O4. The summed E-state index contributed by atoms with van der Waals surface area (Å²) in [4.78, 5) is 23.6. The molecule has 1 N–H and O–H groups in total. The van der Waals surface area contributed by atoms with Gasteiger partial charge in [0.25, 0.3) is 0 Å². The van der Waals surface area contributed by atoms with E-state index in [1.54, 1.807) is 0 Å². The molecule has 0 aliphatic heterocycles. The summed E-state index contributed by atoms with van der Waals surface area (Å²) in [5, 5.41) is 6.92. The van der Waals surface area contributed by atoms with Crippen LogP contribution in [0.25, 0.3) is 0 Å². The fourth-order valence-corrected chi connectivity index (χ4v) is 2.81. The SMILES string of the molecule is COCc1nn(CC(=O)N[C@@H]2CCC[C@@H](C)[C@H]2C)c(=O)o1. The minimum Gasteiger partial charge on any atom is -0.390 e. The van der Waals surface area contributed by atoms with Crippen molar-refractivity contribution < 1.29 is 13.9 Å². The molecular weight excluding hydrogens is 274 g/mol. The molecule has 3 atom stereocenters. The normalized spacial score (nSPS) is 25.8. The van der Waals surface area contributed by atoms with Crippen LogP contribution < -0.4 is 11.1 Å². The molecule has 1 heterocycles. The Labute approximate surface area is 123 Å². The standard InChI is InChI=1S/C14H23N3O4/c1-9-5-4-6-11(10(9)2)15-12(18)7-17-14(19)21-13(16-17)8-20-3/h9-11H,4-8H2,1-3H3,(H,15,18)/t9-,10-,11-/m1/s1. The summed E-state index contributed by atoms with van der Waals surface area (Å²) in [5.41, 5.74) is 0. The number of amides is 1. The van der Waals surface area contributed by atoms with Crippen molar-refractivity contribution in [1.82, 2.24) is 15.1 Å². The van der Waals surface area contributed by atoms with Crippen molar-refractivity contribution in [2.45, 2.75) is 52.3 Å². The molecule has 1 saturated carbocycles. The maximum atomic E-state index is 12.1. The first kappa shape index (κ1) is 15.8. The van der Waals surface area contributed by atoms with Crippen LogP contribution in [0.3, 0.4) is 0 Å². The number of ether oxygens (including phenoxy) is 1. The van der Waals surface area contributed by atoms with E-state index in [1.165, 1.54) is 13.5 Å². The van der Waals surface area contributed by atoms with Crippen molar-refractivity contribution in [3.05, 3.63) is 16.4 Å². The lowest BCUT2D eigenvalue weighted by atomic mass is 9.78. The Kier molecular flexibility index (Phi) is 5.17. The monoisotopic (exact) mass is 297 g/mol. The van der Waals surface area contributed by atoms with Gasteiger partial charge in [0.05, 0.1) is 0 Å². The summed E-state index contributed by atoms with van der Waals surface area (Å²) < 4.78 is 10.7. The van der Waals surface area contributed by atoms with Gasteiger partial charge in [0, 0.05) is 13.2 Å². The number of hydrogen-bond donors (Lipinski definition) is 1. The Balaban J connectivity index is 1.94. The second-order valence-corrected chi connectivity index (χ2v) is 5.79. The van der Waals surface area contributed by atoms with Crippen molar-refractivity contribution in [2.75, 3.05) is 7.11 Å². The van der Waals surface area contributed by atoms with E-state index in [9.17, 15) is 9.59 Å². The molecule has 1 aromatic heterocycles. The molecule has 1 aliphatic rings. The van der Waals surface area contributed by atoms with Crippen molar-refractivity contribution >= 4 is 5.91 Å². The van der Waals surface area contributed by atoms with Gasteiger partial charge in [-0.15, -0.1) is 5.10 Å². The van der Waals surface area contributed by atoms with E-state index in [4.69, 9.17) is 9.15 Å². The van der Waals surface area contributed by atoms with Crippen molar-refractivity contribution in [3.63, 3.8) is 0 Å². The summed E-state index contributed by atoms with van der Waals surface area (Å²) in [6, 6.07) is 0.169. The average Bonchev–Trinajstić information content (AvgIpc) is 2.76. The zero-order chi connectivity index (χ0) is 15.4. The van der Waals surface area contributed by atoms with E-state index in [0.29, 0.717) is 11.8 Å². The predicted molar refractivity (Wildman–Crippen MR) is 75.6 cm³/mol. The Bertz CT molecular complexity index is 537. The van der Waals surface area contributed by atoms with Gasteiger partial charge < -0.3 is 14.5 Å². The number of methoxy groups -OCH3 is 1. The minimum atomic E-state index is -0.637. The van der Waals surface area contributed by atoms with E-state index in [2.05, 4.69) is 24.3 Å². The number of carbonyl (C=O) groups is 1. The maximum Gasteiger partial charge on any atom is 0.437 e. The third-order valence-corrected chi connectivity index (χ3v) is 4.26. The van der Waals surface area contributed by atoms with Crippen LogP contribution in [-0.4, -0.2) is 28.8 Å². The van der Waals surface area contributed by atoms with Crippen LogP contribution in [0, 0.1) is 11.8 Å². The first-order valence-corrected chi connectivity index (χ1v) is 7.36. The third kappa shape index (κ3) is 3.93. The summed E-state index contributed by atoms with van der Waals surface area (Å²) >= 11 is 0. The summed E-state index contributed by atoms with van der Waals surface area (Å²) in [6.45, 7) is 4.36. The molecule has 0 bridgehead atoms. The topological polar surface area (TPSA) is 86.4 Å². The van der Waals surface area contributed by atoms with Crippen LogP contribution in [0.2, 0.25) is 0 Å². The lowest BCUT2D eigenvalue weighted by Gasteiger charge is -2.34. The number of carbonyl (C=O) groups excluding carboxylic acids is 1. The predicted octanol–water partition coefficient (Wildman–Crippen LogP) is 0.924. The highest BCUT2D eigenvalue weighted by atomic mass is 16.5. The van der Waals surface area contributed by atoms with Crippen LogP contribution >= 0.6 is 0 Å². The molecule has 1 fully saturated rings. The molecule has 118 valence electrons. The largest absolute Gasteiger partial charge is 0.437 e. The molecule has 0 unspecified atom stereocenters. The maximum absolute atomic E-state index is 12.1. The summed E-state index contributed by atoms with van der Waals surface area (Å²) in [7, 11) is 1.48. The van der Waals surface area contributed by atoms with Crippen molar-refractivity contribution in [3.8, 4) is 0 Å². The second-order valence-electron chi connectivity index (χ2n) is 5.79. The molecule has 1 amide bonds.